The van der Waals surface area contributed by atoms with Gasteiger partial charge < -0.3 is 18.8 Å². The summed E-state index contributed by atoms with van der Waals surface area (Å²) in [6, 6.07) is 0. The fraction of sp³-hybridized carbons (Fsp3) is 0. The molecule has 0 amide bonds. The van der Waals surface area contributed by atoms with Crippen molar-refractivity contribution in [3.8, 4) is 0 Å². The minimum Gasteiger partial charge on any atom is -1.00 e. The summed E-state index contributed by atoms with van der Waals surface area (Å²) in [5.74, 6) is 0. The van der Waals surface area contributed by atoms with Crippen molar-refractivity contribution in [2.24, 2.45) is 0 Å². The van der Waals surface area contributed by atoms with E-state index in [0.717, 1.165) is 0 Å². The minimum absolute atomic E-state index is 0. The van der Waals surface area contributed by atoms with E-state index in [4.69, 9.17) is 0 Å². The third-order valence-corrected chi connectivity index (χ3v) is 0. The molecular formula is F4Lu2+2. The first-order chi connectivity index (χ1) is 0. The Morgan fingerprint density at radius 3 is 0.333 bits per heavy atom. The van der Waals surface area contributed by atoms with Crippen LogP contribution in [0.15, 0.2) is 0 Å². The van der Waals surface area contributed by atoms with Gasteiger partial charge in [0.05, 0.1) is 0 Å². The van der Waals surface area contributed by atoms with Crippen molar-refractivity contribution in [1.82, 2.24) is 0 Å². The van der Waals surface area contributed by atoms with Crippen LogP contribution in [-0.2, 0) is 0 Å². The molecule has 0 heterocycles. The van der Waals surface area contributed by atoms with Gasteiger partial charge in [0.2, 0.25) is 0 Å². The predicted octanol–water partition coefficient (Wildman–Crippen LogP) is -12.0. The van der Waals surface area contributed by atoms with Crippen LogP contribution >= 0.6 is 0 Å². The molecule has 0 nitrogen and oxygen atoms in total. The van der Waals surface area contributed by atoms with Crippen LogP contribution in [0.1, 0.15) is 0 Å². The SMILES string of the molecule is [F-].[F-].[F-].[F-].[Lu+3].[Lu+3]. The monoisotopic (exact) mass is 426 g/mol. The van der Waals surface area contributed by atoms with Crippen LogP contribution in [0.5, 0.6) is 0 Å². The van der Waals surface area contributed by atoms with Crippen LogP contribution in [0.3, 0.4) is 0 Å². The van der Waals surface area contributed by atoms with E-state index in [1.54, 1.807) is 0 Å². The summed E-state index contributed by atoms with van der Waals surface area (Å²) < 4.78 is 0. The van der Waals surface area contributed by atoms with Gasteiger partial charge in [-0.05, 0) is 0 Å². The first-order valence-electron chi connectivity index (χ1n) is 0. The molecule has 0 N–H and O–H groups in total. The van der Waals surface area contributed by atoms with Crippen molar-refractivity contribution in [1.29, 1.82) is 0 Å². The van der Waals surface area contributed by atoms with E-state index >= 15 is 0 Å². The molecule has 56 valence electrons. The standard InChI is InChI=1S/4FH.2Lu/h4*1H;;/q;;;;2*+3/p-4. The van der Waals surface area contributed by atoms with Crippen LogP contribution < -0.4 is 18.8 Å². The molecule has 6 heteroatoms. The zero-order valence-electron chi connectivity index (χ0n) is 2.03. The zero-order valence-corrected chi connectivity index (χ0v) is 5.34. The van der Waals surface area contributed by atoms with E-state index in [9.17, 15) is 0 Å². The van der Waals surface area contributed by atoms with Gasteiger partial charge in [-0.25, -0.2) is 0 Å². The molecule has 0 radical (unpaired) electrons. The zero-order chi connectivity index (χ0) is 0. The maximum absolute atomic E-state index is 0. The quantitative estimate of drug-likeness (QED) is 0.338. The van der Waals surface area contributed by atoms with Crippen LogP contribution in [0, 0.1) is 73.7 Å². The smallest absolute Gasteiger partial charge is 1.00 e. The maximum atomic E-state index is 0. The second kappa shape index (κ2) is 57.5. The second-order valence-electron chi connectivity index (χ2n) is 0. The van der Waals surface area contributed by atoms with Gasteiger partial charge in [-0.3, -0.25) is 0 Å². The summed E-state index contributed by atoms with van der Waals surface area (Å²) in [5, 5.41) is 0. The van der Waals surface area contributed by atoms with Crippen molar-refractivity contribution >= 4 is 0 Å². The first kappa shape index (κ1) is 88.4. The molecule has 0 aromatic carbocycles. The Balaban J connectivity index is 0. The fourth-order valence-electron chi connectivity index (χ4n) is 0. The molecule has 0 saturated carbocycles. The molecule has 0 aliphatic carbocycles. The van der Waals surface area contributed by atoms with Crippen molar-refractivity contribution in [3.05, 3.63) is 0 Å². The summed E-state index contributed by atoms with van der Waals surface area (Å²) in [6.07, 6.45) is 0. The third-order valence-electron chi connectivity index (χ3n) is 0. The van der Waals surface area contributed by atoms with E-state index in [2.05, 4.69) is 0 Å². The third kappa shape index (κ3) is 34.8. The topological polar surface area (TPSA) is 0 Å². The molecule has 0 bridgehead atoms. The van der Waals surface area contributed by atoms with Crippen molar-refractivity contribution in [2.75, 3.05) is 0 Å². The molecule has 0 spiro atoms. The van der Waals surface area contributed by atoms with Gasteiger partial charge in [0.15, 0.2) is 0 Å². The van der Waals surface area contributed by atoms with Crippen molar-refractivity contribution in [2.45, 2.75) is 0 Å². The summed E-state index contributed by atoms with van der Waals surface area (Å²) in [5.41, 5.74) is 0. The van der Waals surface area contributed by atoms with Gasteiger partial charge >= 0.3 is 73.7 Å². The molecule has 0 aromatic rings. The molecule has 0 rings (SSSR count). The minimum atomic E-state index is 0. The normalized spacial score (nSPS) is 0. The Morgan fingerprint density at radius 2 is 0.333 bits per heavy atom. The average Bonchev–Trinajstić information content (AvgIpc) is 0. The van der Waals surface area contributed by atoms with Crippen LogP contribution in [0.25, 0.3) is 0 Å². The molecule has 0 aliphatic heterocycles. The molecule has 0 fully saturated rings. The Hall–Kier alpha value is 2.19. The number of hydrogen-bond donors (Lipinski definition) is 0. The largest absolute Gasteiger partial charge is 3.00 e. The maximum Gasteiger partial charge on any atom is 3.00 e. The second-order valence-corrected chi connectivity index (χ2v) is 0. The van der Waals surface area contributed by atoms with E-state index in [1.807, 2.05) is 0 Å². The van der Waals surface area contributed by atoms with Gasteiger partial charge in [0, 0.05) is 0 Å². The summed E-state index contributed by atoms with van der Waals surface area (Å²) in [4.78, 5) is 0. The van der Waals surface area contributed by atoms with Crippen LogP contribution in [-0.4, -0.2) is 0 Å². The molecule has 0 atom stereocenters. The Labute approximate surface area is 90.9 Å². The summed E-state index contributed by atoms with van der Waals surface area (Å²) in [6.45, 7) is 0. The van der Waals surface area contributed by atoms with E-state index < -0.39 is 0 Å². The number of rotatable bonds is 0. The molecule has 0 unspecified atom stereocenters. The van der Waals surface area contributed by atoms with Gasteiger partial charge in [-0.1, -0.05) is 0 Å². The average molecular weight is 426 g/mol. The van der Waals surface area contributed by atoms with E-state index in [1.165, 1.54) is 0 Å². The Bertz CT molecular complexity index is 5.51. The number of halogens is 4. The first-order valence-corrected chi connectivity index (χ1v) is 0. The van der Waals surface area contributed by atoms with Gasteiger partial charge in [0.1, 0.15) is 0 Å². The summed E-state index contributed by atoms with van der Waals surface area (Å²) in [7, 11) is 0. The van der Waals surface area contributed by atoms with Crippen molar-refractivity contribution < 1.29 is 92.6 Å². The molecule has 0 saturated heterocycles. The van der Waals surface area contributed by atoms with Gasteiger partial charge in [-0.2, -0.15) is 0 Å². The molecular weight excluding hydrogens is 426 g/mol. The summed E-state index contributed by atoms with van der Waals surface area (Å²) >= 11 is 0. The van der Waals surface area contributed by atoms with Gasteiger partial charge in [0.25, 0.3) is 0 Å². The Kier molecular flexibility index (Phi) is 847. The van der Waals surface area contributed by atoms with Crippen LogP contribution in [0.4, 0.5) is 0 Å². The van der Waals surface area contributed by atoms with Crippen molar-refractivity contribution in [3.63, 3.8) is 0 Å². The van der Waals surface area contributed by atoms with Gasteiger partial charge in [-0.15, -0.1) is 0 Å². The predicted molar refractivity (Wildman–Crippen MR) is 0 cm³/mol. The van der Waals surface area contributed by atoms with E-state index in [0.29, 0.717) is 0 Å². The van der Waals surface area contributed by atoms with Crippen LogP contribution in [0.2, 0.25) is 0 Å². The number of hydrogen-bond acceptors (Lipinski definition) is 0. The van der Waals surface area contributed by atoms with E-state index in [-0.39, 0.29) is 92.6 Å². The molecule has 6 heavy (non-hydrogen) atoms. The molecule has 0 aromatic heterocycles. The fourth-order valence-corrected chi connectivity index (χ4v) is 0. The molecule has 0 aliphatic rings. The Morgan fingerprint density at radius 1 is 0.333 bits per heavy atom.